The summed E-state index contributed by atoms with van der Waals surface area (Å²) < 4.78 is 0. The zero-order valence-corrected chi connectivity index (χ0v) is 14.3. The number of benzene rings is 2. The van der Waals surface area contributed by atoms with Crippen LogP contribution in [-0.2, 0) is 9.59 Å². The molecule has 1 aliphatic heterocycles. The van der Waals surface area contributed by atoms with Crippen LogP contribution in [0.25, 0.3) is 0 Å². The molecule has 2 aromatic rings. The summed E-state index contributed by atoms with van der Waals surface area (Å²) in [6.07, 6.45) is 0.255. The van der Waals surface area contributed by atoms with Crippen molar-refractivity contribution in [3.05, 3.63) is 59.2 Å². The molecular formula is C20H22N2O2. The summed E-state index contributed by atoms with van der Waals surface area (Å²) in [5, 5.41) is 2.95. The van der Waals surface area contributed by atoms with Crippen LogP contribution in [0.1, 0.15) is 23.1 Å². The van der Waals surface area contributed by atoms with Crippen molar-refractivity contribution in [1.29, 1.82) is 0 Å². The molecule has 2 aromatic carbocycles. The van der Waals surface area contributed by atoms with E-state index in [1.54, 1.807) is 4.90 Å². The van der Waals surface area contributed by atoms with Gasteiger partial charge in [-0.15, -0.1) is 0 Å². The molecule has 1 heterocycles. The molecule has 1 aliphatic rings. The van der Waals surface area contributed by atoms with Gasteiger partial charge in [-0.2, -0.15) is 0 Å². The second-order valence-corrected chi connectivity index (χ2v) is 6.61. The van der Waals surface area contributed by atoms with Gasteiger partial charge in [-0.05, 0) is 61.7 Å². The fourth-order valence-electron chi connectivity index (χ4n) is 3.22. The van der Waals surface area contributed by atoms with Gasteiger partial charge in [-0.1, -0.05) is 18.2 Å². The van der Waals surface area contributed by atoms with E-state index in [2.05, 4.69) is 11.4 Å². The molecule has 0 aliphatic carbocycles. The molecule has 3 rings (SSSR count). The number of carbonyl (C=O) groups is 2. The maximum absolute atomic E-state index is 12.5. The zero-order valence-electron chi connectivity index (χ0n) is 14.3. The van der Waals surface area contributed by atoms with Gasteiger partial charge in [0.15, 0.2) is 0 Å². The summed E-state index contributed by atoms with van der Waals surface area (Å²) >= 11 is 0. The minimum atomic E-state index is -0.321. The Bertz CT molecular complexity index is 778. The Morgan fingerprint density at radius 1 is 1.04 bits per heavy atom. The van der Waals surface area contributed by atoms with Crippen LogP contribution in [0.2, 0.25) is 0 Å². The largest absolute Gasteiger partial charge is 0.326 e. The van der Waals surface area contributed by atoms with Gasteiger partial charge in [-0.3, -0.25) is 9.59 Å². The average molecular weight is 322 g/mol. The lowest BCUT2D eigenvalue weighted by molar-refractivity contribution is -0.122. The van der Waals surface area contributed by atoms with Crippen LogP contribution in [0.3, 0.4) is 0 Å². The zero-order chi connectivity index (χ0) is 17.3. The number of anilines is 2. The molecule has 2 amide bonds. The maximum Gasteiger partial charge on any atom is 0.229 e. The van der Waals surface area contributed by atoms with Crippen molar-refractivity contribution in [2.45, 2.75) is 27.2 Å². The van der Waals surface area contributed by atoms with Crippen LogP contribution < -0.4 is 10.2 Å². The average Bonchev–Trinajstić information content (AvgIpc) is 2.88. The lowest BCUT2D eigenvalue weighted by Gasteiger charge is -2.17. The van der Waals surface area contributed by atoms with Crippen LogP contribution in [0.4, 0.5) is 11.4 Å². The third-order valence-corrected chi connectivity index (χ3v) is 4.30. The van der Waals surface area contributed by atoms with E-state index < -0.39 is 0 Å². The van der Waals surface area contributed by atoms with Crippen molar-refractivity contribution < 1.29 is 9.59 Å². The number of carbonyl (C=O) groups excluding carboxylic acids is 2. The van der Waals surface area contributed by atoms with Crippen molar-refractivity contribution >= 4 is 23.2 Å². The van der Waals surface area contributed by atoms with Crippen molar-refractivity contribution in [1.82, 2.24) is 0 Å². The Kier molecular flexibility index (Phi) is 4.38. The molecule has 0 bridgehead atoms. The molecule has 0 aromatic heterocycles. The van der Waals surface area contributed by atoms with Crippen molar-refractivity contribution in [2.24, 2.45) is 5.92 Å². The van der Waals surface area contributed by atoms with Gasteiger partial charge < -0.3 is 10.2 Å². The molecule has 4 nitrogen and oxygen atoms in total. The van der Waals surface area contributed by atoms with E-state index in [9.17, 15) is 9.59 Å². The predicted octanol–water partition coefficient (Wildman–Crippen LogP) is 3.60. The topological polar surface area (TPSA) is 49.4 Å². The highest BCUT2D eigenvalue weighted by Crippen LogP contribution is 2.27. The number of hydrogen-bond acceptors (Lipinski definition) is 2. The van der Waals surface area contributed by atoms with E-state index in [1.165, 1.54) is 0 Å². The van der Waals surface area contributed by atoms with Gasteiger partial charge in [0.2, 0.25) is 11.8 Å². The summed E-state index contributed by atoms with van der Waals surface area (Å²) in [6.45, 7) is 6.43. The summed E-state index contributed by atoms with van der Waals surface area (Å²) in [6, 6.07) is 13.8. The molecular weight excluding hydrogens is 300 g/mol. The van der Waals surface area contributed by atoms with Crippen LogP contribution in [0, 0.1) is 26.7 Å². The molecule has 124 valence electrons. The van der Waals surface area contributed by atoms with Crippen LogP contribution in [-0.4, -0.2) is 18.4 Å². The summed E-state index contributed by atoms with van der Waals surface area (Å²) in [5.41, 5.74) is 4.97. The van der Waals surface area contributed by atoms with Gasteiger partial charge in [0, 0.05) is 24.3 Å². The van der Waals surface area contributed by atoms with E-state index in [0.717, 1.165) is 28.1 Å². The van der Waals surface area contributed by atoms with E-state index in [-0.39, 0.29) is 24.2 Å². The molecule has 0 unspecified atom stereocenters. The van der Waals surface area contributed by atoms with Crippen LogP contribution in [0.15, 0.2) is 42.5 Å². The summed E-state index contributed by atoms with van der Waals surface area (Å²) in [5.74, 6) is -0.413. The number of rotatable bonds is 3. The first-order valence-corrected chi connectivity index (χ1v) is 8.18. The monoisotopic (exact) mass is 322 g/mol. The number of aryl methyl sites for hydroxylation is 3. The highest BCUT2D eigenvalue weighted by Gasteiger charge is 2.35. The second kappa shape index (κ2) is 6.48. The van der Waals surface area contributed by atoms with Crippen LogP contribution >= 0.6 is 0 Å². The quantitative estimate of drug-likeness (QED) is 0.938. The fourth-order valence-corrected chi connectivity index (χ4v) is 3.22. The van der Waals surface area contributed by atoms with Crippen LogP contribution in [0.5, 0.6) is 0 Å². The highest BCUT2D eigenvalue weighted by molar-refractivity contribution is 6.03. The third-order valence-electron chi connectivity index (χ3n) is 4.30. The van der Waals surface area contributed by atoms with E-state index in [1.807, 2.05) is 57.2 Å². The summed E-state index contributed by atoms with van der Waals surface area (Å²) in [7, 11) is 0. The van der Waals surface area contributed by atoms with Gasteiger partial charge >= 0.3 is 0 Å². The Balaban J connectivity index is 1.72. The highest BCUT2D eigenvalue weighted by atomic mass is 16.2. The SMILES string of the molecule is Cc1cc(C)cc(NC(=O)[C@@H]2CC(=O)N(c3cccc(C)c3)C2)c1. The molecule has 1 atom stereocenters. The number of nitrogens with zero attached hydrogens (tertiary/aromatic N) is 1. The fraction of sp³-hybridized carbons (Fsp3) is 0.300. The molecule has 0 spiro atoms. The Hall–Kier alpha value is -2.62. The van der Waals surface area contributed by atoms with Gasteiger partial charge in [0.25, 0.3) is 0 Å². The number of amides is 2. The molecule has 1 N–H and O–H groups in total. The smallest absolute Gasteiger partial charge is 0.229 e. The number of hydrogen-bond donors (Lipinski definition) is 1. The molecule has 1 fully saturated rings. The molecule has 1 saturated heterocycles. The third kappa shape index (κ3) is 3.48. The Labute approximate surface area is 142 Å². The molecule has 24 heavy (non-hydrogen) atoms. The lowest BCUT2D eigenvalue weighted by Crippen LogP contribution is -2.28. The van der Waals surface area contributed by atoms with E-state index >= 15 is 0 Å². The number of nitrogens with one attached hydrogen (secondary N) is 1. The van der Waals surface area contributed by atoms with Crippen molar-refractivity contribution in [3.63, 3.8) is 0 Å². The normalized spacial score (nSPS) is 17.2. The van der Waals surface area contributed by atoms with Gasteiger partial charge in [0.1, 0.15) is 0 Å². The Morgan fingerprint density at radius 3 is 2.42 bits per heavy atom. The molecule has 4 heteroatoms. The molecule has 0 saturated carbocycles. The summed E-state index contributed by atoms with van der Waals surface area (Å²) in [4.78, 5) is 26.6. The van der Waals surface area contributed by atoms with Gasteiger partial charge in [-0.25, -0.2) is 0 Å². The van der Waals surface area contributed by atoms with E-state index in [0.29, 0.717) is 6.54 Å². The lowest BCUT2D eigenvalue weighted by atomic mass is 10.1. The van der Waals surface area contributed by atoms with Gasteiger partial charge in [0.05, 0.1) is 5.92 Å². The van der Waals surface area contributed by atoms with Crippen molar-refractivity contribution in [2.75, 3.05) is 16.8 Å². The first-order valence-electron chi connectivity index (χ1n) is 8.18. The Morgan fingerprint density at radius 2 is 1.75 bits per heavy atom. The predicted molar refractivity (Wildman–Crippen MR) is 96.2 cm³/mol. The second-order valence-electron chi connectivity index (χ2n) is 6.61. The first-order chi connectivity index (χ1) is 11.4. The van der Waals surface area contributed by atoms with E-state index in [4.69, 9.17) is 0 Å². The maximum atomic E-state index is 12.5. The standard InChI is InChI=1S/C20H22N2O2/c1-13-5-4-6-18(10-13)22-12-16(11-19(22)23)20(24)21-17-8-14(2)7-15(3)9-17/h4-10,16H,11-12H2,1-3H3,(H,21,24)/t16-/m1/s1. The minimum absolute atomic E-state index is 0.00109. The van der Waals surface area contributed by atoms with Crippen molar-refractivity contribution in [3.8, 4) is 0 Å². The molecule has 0 radical (unpaired) electrons. The first kappa shape index (κ1) is 16.2. The minimum Gasteiger partial charge on any atom is -0.326 e.